The first kappa shape index (κ1) is 21.9. The minimum absolute atomic E-state index is 0.205. The molecule has 26 heavy (non-hydrogen) atoms. The van der Waals surface area contributed by atoms with E-state index in [9.17, 15) is 9.59 Å². The molecular weight excluding hydrogens is 324 g/mol. The van der Waals surface area contributed by atoms with Gasteiger partial charge in [-0.15, -0.1) is 0 Å². The number of carbonyl (C=O) groups excluding carboxylic acids is 2. The number of rotatable bonds is 2. The fourth-order valence-corrected chi connectivity index (χ4v) is 2.46. The third kappa shape index (κ3) is 5.45. The zero-order valence-electron chi connectivity index (χ0n) is 18.0. The van der Waals surface area contributed by atoms with Crippen LogP contribution in [0.1, 0.15) is 73.6 Å². The SMILES string of the molecule is Cc1cc(C(=O)C(C)(C)C)cn1C.Cc1cc(C(=O)C(C)(C)C)cn1C. The smallest absolute Gasteiger partial charge is 0.169 e. The highest BCUT2D eigenvalue weighted by molar-refractivity contribution is 6.00. The molecule has 0 aliphatic rings. The molecule has 0 unspecified atom stereocenters. The van der Waals surface area contributed by atoms with Crippen LogP contribution in [0, 0.1) is 24.7 Å². The highest BCUT2D eigenvalue weighted by atomic mass is 16.1. The van der Waals surface area contributed by atoms with Crippen molar-refractivity contribution in [3.63, 3.8) is 0 Å². The fourth-order valence-electron chi connectivity index (χ4n) is 2.46. The Morgan fingerprint density at radius 3 is 1.12 bits per heavy atom. The summed E-state index contributed by atoms with van der Waals surface area (Å²) in [7, 11) is 3.91. The molecule has 0 saturated heterocycles. The van der Waals surface area contributed by atoms with E-state index < -0.39 is 0 Å². The maximum atomic E-state index is 11.8. The van der Waals surface area contributed by atoms with E-state index >= 15 is 0 Å². The summed E-state index contributed by atoms with van der Waals surface area (Å²) in [4.78, 5) is 23.6. The van der Waals surface area contributed by atoms with Crippen molar-refractivity contribution in [2.45, 2.75) is 55.4 Å². The van der Waals surface area contributed by atoms with Crippen LogP contribution in [0.2, 0.25) is 0 Å². The third-order valence-electron chi connectivity index (χ3n) is 4.39. The Bertz CT molecular complexity index is 686. The Morgan fingerprint density at radius 1 is 0.692 bits per heavy atom. The lowest BCUT2D eigenvalue weighted by molar-refractivity contribution is 0.0852. The molecule has 0 amide bonds. The first-order chi connectivity index (χ1) is 11.6. The van der Waals surface area contributed by atoms with Crippen molar-refractivity contribution in [1.82, 2.24) is 9.13 Å². The van der Waals surface area contributed by atoms with Gasteiger partial charge in [-0.2, -0.15) is 0 Å². The Balaban J connectivity index is 0.000000260. The van der Waals surface area contributed by atoms with Crippen molar-refractivity contribution in [2.24, 2.45) is 24.9 Å². The highest BCUT2D eigenvalue weighted by Gasteiger charge is 2.24. The van der Waals surface area contributed by atoms with E-state index in [4.69, 9.17) is 0 Å². The summed E-state index contributed by atoms with van der Waals surface area (Å²) in [5, 5.41) is 0. The van der Waals surface area contributed by atoms with E-state index in [1.54, 1.807) is 0 Å². The summed E-state index contributed by atoms with van der Waals surface area (Å²) in [6.45, 7) is 15.7. The lowest BCUT2D eigenvalue weighted by Gasteiger charge is -2.14. The van der Waals surface area contributed by atoms with Crippen molar-refractivity contribution in [2.75, 3.05) is 0 Å². The Kier molecular flexibility index (Phi) is 6.45. The lowest BCUT2D eigenvalue weighted by Crippen LogP contribution is -2.19. The van der Waals surface area contributed by atoms with E-state index in [0.717, 1.165) is 22.5 Å². The van der Waals surface area contributed by atoms with Gasteiger partial charge in [-0.1, -0.05) is 41.5 Å². The Labute approximate surface area is 158 Å². The predicted octanol–water partition coefficient (Wildman–Crippen LogP) is 5.12. The molecule has 144 valence electrons. The normalized spacial score (nSPS) is 11.8. The molecule has 0 aromatic carbocycles. The molecule has 0 fully saturated rings. The third-order valence-corrected chi connectivity index (χ3v) is 4.39. The van der Waals surface area contributed by atoms with Gasteiger partial charge in [0, 0.05) is 59.8 Å². The van der Waals surface area contributed by atoms with Crippen molar-refractivity contribution in [1.29, 1.82) is 0 Å². The van der Waals surface area contributed by atoms with Crippen molar-refractivity contribution >= 4 is 11.6 Å². The summed E-state index contributed by atoms with van der Waals surface area (Å²) in [5.41, 5.74) is 3.29. The van der Waals surface area contributed by atoms with Gasteiger partial charge in [0.05, 0.1) is 0 Å². The number of Topliss-reactive ketones (excluding diaryl/α,β-unsaturated/α-hetero) is 2. The Hall–Kier alpha value is -2.10. The molecule has 2 heterocycles. The number of ketones is 2. The zero-order chi connectivity index (χ0) is 20.4. The van der Waals surface area contributed by atoms with Crippen LogP contribution in [0.15, 0.2) is 24.5 Å². The van der Waals surface area contributed by atoms with Crippen molar-refractivity contribution in [3.05, 3.63) is 47.0 Å². The zero-order valence-corrected chi connectivity index (χ0v) is 18.0. The molecule has 0 aliphatic heterocycles. The molecule has 4 heteroatoms. The molecule has 0 saturated carbocycles. The maximum Gasteiger partial charge on any atom is 0.169 e. The lowest BCUT2D eigenvalue weighted by atomic mass is 9.87. The van der Waals surface area contributed by atoms with E-state index in [1.807, 2.05) is 103 Å². The van der Waals surface area contributed by atoms with Gasteiger partial charge in [-0.25, -0.2) is 0 Å². The molecule has 4 nitrogen and oxygen atoms in total. The molecule has 0 atom stereocenters. The molecule has 2 aromatic heterocycles. The first-order valence-corrected chi connectivity index (χ1v) is 9.00. The van der Waals surface area contributed by atoms with Crippen LogP contribution in [0.3, 0.4) is 0 Å². The van der Waals surface area contributed by atoms with Crippen molar-refractivity contribution < 1.29 is 9.59 Å². The van der Waals surface area contributed by atoms with Gasteiger partial charge >= 0.3 is 0 Å². The molecule has 0 bridgehead atoms. The van der Waals surface area contributed by atoms with Crippen LogP contribution in [-0.4, -0.2) is 20.7 Å². The standard InChI is InChI=1S/2C11H17NO/c2*1-8-6-9(7-12(8)5)10(13)11(2,3)4/h2*6-7H,1-5H3. The molecule has 0 N–H and O–H groups in total. The largest absolute Gasteiger partial charge is 0.354 e. The molecule has 0 spiro atoms. The highest BCUT2D eigenvalue weighted by Crippen LogP contribution is 2.22. The minimum Gasteiger partial charge on any atom is -0.354 e. The van der Waals surface area contributed by atoms with Gasteiger partial charge in [0.2, 0.25) is 0 Å². The van der Waals surface area contributed by atoms with Gasteiger partial charge in [0.25, 0.3) is 0 Å². The maximum absolute atomic E-state index is 11.8. The van der Waals surface area contributed by atoms with Crippen LogP contribution in [0.25, 0.3) is 0 Å². The van der Waals surface area contributed by atoms with Crippen LogP contribution in [0.5, 0.6) is 0 Å². The van der Waals surface area contributed by atoms with E-state index in [2.05, 4.69) is 0 Å². The van der Waals surface area contributed by atoms with Gasteiger partial charge in [0.15, 0.2) is 11.6 Å². The van der Waals surface area contributed by atoms with E-state index in [-0.39, 0.29) is 22.4 Å². The molecule has 0 radical (unpaired) electrons. The monoisotopic (exact) mass is 358 g/mol. The van der Waals surface area contributed by atoms with Gasteiger partial charge < -0.3 is 9.13 Å². The second kappa shape index (κ2) is 7.65. The number of aryl methyl sites for hydroxylation is 4. The van der Waals surface area contributed by atoms with Gasteiger partial charge in [-0.3, -0.25) is 9.59 Å². The summed E-state index contributed by atoms with van der Waals surface area (Å²) in [6.07, 6.45) is 3.78. The van der Waals surface area contributed by atoms with Gasteiger partial charge in [0.1, 0.15) is 0 Å². The predicted molar refractivity (Wildman–Crippen MR) is 108 cm³/mol. The average Bonchev–Trinajstić information content (AvgIpc) is 2.99. The fraction of sp³-hybridized carbons (Fsp3) is 0.545. The summed E-state index contributed by atoms with van der Waals surface area (Å²) < 4.78 is 3.94. The van der Waals surface area contributed by atoms with E-state index in [0.29, 0.717) is 0 Å². The van der Waals surface area contributed by atoms with Crippen LogP contribution >= 0.6 is 0 Å². The topological polar surface area (TPSA) is 44.0 Å². The van der Waals surface area contributed by atoms with Crippen LogP contribution < -0.4 is 0 Å². The van der Waals surface area contributed by atoms with Crippen LogP contribution in [-0.2, 0) is 14.1 Å². The second-order valence-electron chi connectivity index (χ2n) is 9.12. The second-order valence-corrected chi connectivity index (χ2v) is 9.12. The molecule has 0 aliphatic carbocycles. The number of hydrogen-bond donors (Lipinski definition) is 0. The quantitative estimate of drug-likeness (QED) is 0.699. The van der Waals surface area contributed by atoms with Crippen LogP contribution in [0.4, 0.5) is 0 Å². The van der Waals surface area contributed by atoms with Crippen molar-refractivity contribution in [3.8, 4) is 0 Å². The number of nitrogens with zero attached hydrogens (tertiary/aromatic N) is 2. The molecular formula is C22H34N2O2. The number of carbonyl (C=O) groups is 2. The summed E-state index contributed by atoms with van der Waals surface area (Å²) in [5.74, 6) is 0.410. The number of aromatic nitrogens is 2. The minimum atomic E-state index is -0.284. The average molecular weight is 359 g/mol. The Morgan fingerprint density at radius 2 is 0.962 bits per heavy atom. The molecule has 2 rings (SSSR count). The summed E-state index contributed by atoms with van der Waals surface area (Å²) >= 11 is 0. The molecule has 2 aromatic rings. The number of hydrogen-bond acceptors (Lipinski definition) is 2. The van der Waals surface area contributed by atoms with E-state index in [1.165, 1.54) is 0 Å². The van der Waals surface area contributed by atoms with Gasteiger partial charge in [-0.05, 0) is 26.0 Å². The summed E-state index contributed by atoms with van der Waals surface area (Å²) in [6, 6.07) is 3.88. The first-order valence-electron chi connectivity index (χ1n) is 9.00.